The highest BCUT2D eigenvalue weighted by Crippen LogP contribution is 2.48. The van der Waals surface area contributed by atoms with Gasteiger partial charge in [0.05, 0.1) is 0 Å². The van der Waals surface area contributed by atoms with Gasteiger partial charge < -0.3 is 0 Å². The zero-order chi connectivity index (χ0) is 11.6. The molecule has 86 valence electrons. The number of hydrogen-bond donors (Lipinski definition) is 0. The Kier molecular flexibility index (Phi) is 4.29. The summed E-state index contributed by atoms with van der Waals surface area (Å²) in [4.78, 5) is 23.8. The van der Waals surface area contributed by atoms with E-state index in [4.69, 9.17) is 0 Å². The molecule has 15 heavy (non-hydrogen) atoms. The van der Waals surface area contributed by atoms with E-state index in [9.17, 15) is 9.59 Å². The molecule has 0 heterocycles. The van der Waals surface area contributed by atoms with Crippen LogP contribution in [0.5, 0.6) is 0 Å². The van der Waals surface area contributed by atoms with Gasteiger partial charge in [0.2, 0.25) is 0 Å². The summed E-state index contributed by atoms with van der Waals surface area (Å²) in [6.07, 6.45) is 0.858. The Hall–Kier alpha value is 0.0400. The second-order valence-corrected chi connectivity index (χ2v) is 8.14. The highest BCUT2D eigenvalue weighted by atomic mass is 32.2. The van der Waals surface area contributed by atoms with Gasteiger partial charge in [-0.15, -0.1) is 23.5 Å². The van der Waals surface area contributed by atoms with E-state index in [0.29, 0.717) is 23.3 Å². The molecular weight excluding hydrogens is 228 g/mol. The fourth-order valence-electron chi connectivity index (χ4n) is 1.67. The molecule has 0 spiro atoms. The van der Waals surface area contributed by atoms with Crippen LogP contribution in [0.2, 0.25) is 0 Å². The number of rotatable bonds is 4. The SMILES string of the molecule is CC(C)SC1(SC(C)C)C(=O)CCC1=O. The summed E-state index contributed by atoms with van der Waals surface area (Å²) in [6.45, 7) is 8.14. The molecule has 0 aromatic carbocycles. The number of ketones is 2. The van der Waals surface area contributed by atoms with Crippen molar-refractivity contribution < 1.29 is 9.59 Å². The first-order chi connectivity index (χ1) is 6.88. The van der Waals surface area contributed by atoms with Crippen LogP contribution in [-0.4, -0.2) is 26.1 Å². The van der Waals surface area contributed by atoms with Crippen LogP contribution >= 0.6 is 23.5 Å². The molecule has 1 rings (SSSR count). The van der Waals surface area contributed by atoms with E-state index in [1.54, 1.807) is 0 Å². The summed E-state index contributed by atoms with van der Waals surface area (Å²) in [5.41, 5.74) is 0. The van der Waals surface area contributed by atoms with Crippen LogP contribution in [0.4, 0.5) is 0 Å². The smallest absolute Gasteiger partial charge is 0.178 e. The zero-order valence-corrected chi connectivity index (χ0v) is 11.3. The molecule has 1 fully saturated rings. The second-order valence-electron chi connectivity index (χ2n) is 4.30. The van der Waals surface area contributed by atoms with E-state index in [0.717, 1.165) is 0 Å². The Labute approximate surface area is 100.0 Å². The predicted octanol–water partition coefficient (Wildman–Crippen LogP) is 2.90. The zero-order valence-electron chi connectivity index (χ0n) is 9.70. The summed E-state index contributed by atoms with van der Waals surface area (Å²) in [7, 11) is 0. The molecule has 0 aromatic heterocycles. The topological polar surface area (TPSA) is 34.1 Å². The monoisotopic (exact) mass is 246 g/mol. The molecule has 1 aliphatic rings. The maximum atomic E-state index is 11.9. The standard InChI is InChI=1S/C11H18O2S2/c1-7(2)14-11(15-8(3)4)9(12)5-6-10(11)13/h7-8H,5-6H2,1-4H3. The van der Waals surface area contributed by atoms with Gasteiger partial charge in [0, 0.05) is 23.3 Å². The quantitative estimate of drug-likeness (QED) is 0.564. The third-order valence-electron chi connectivity index (χ3n) is 2.12. The van der Waals surface area contributed by atoms with Crippen molar-refractivity contribution in [1.29, 1.82) is 0 Å². The van der Waals surface area contributed by atoms with Crippen LogP contribution in [0.3, 0.4) is 0 Å². The number of thioether (sulfide) groups is 2. The van der Waals surface area contributed by atoms with Crippen molar-refractivity contribution in [3.63, 3.8) is 0 Å². The number of carbonyl (C=O) groups is 2. The van der Waals surface area contributed by atoms with E-state index < -0.39 is 4.08 Å². The van der Waals surface area contributed by atoms with Crippen molar-refractivity contribution in [1.82, 2.24) is 0 Å². The number of hydrogen-bond acceptors (Lipinski definition) is 4. The molecule has 1 saturated carbocycles. The van der Waals surface area contributed by atoms with Gasteiger partial charge in [-0.2, -0.15) is 0 Å². The first kappa shape index (κ1) is 13.1. The van der Waals surface area contributed by atoms with Crippen LogP contribution in [0.1, 0.15) is 40.5 Å². The first-order valence-electron chi connectivity index (χ1n) is 5.30. The number of Topliss-reactive ketones (excluding diaryl/α,β-unsaturated/α-hetero) is 2. The Balaban J connectivity index is 2.93. The lowest BCUT2D eigenvalue weighted by molar-refractivity contribution is -0.122. The molecule has 0 radical (unpaired) electrons. The average Bonchev–Trinajstić information content (AvgIpc) is 2.31. The normalized spacial score (nSPS) is 20.7. The summed E-state index contributed by atoms with van der Waals surface area (Å²) in [5.74, 6) is 0.231. The third-order valence-corrected chi connectivity index (χ3v) is 5.21. The van der Waals surface area contributed by atoms with Crippen molar-refractivity contribution in [2.24, 2.45) is 0 Å². The molecule has 4 heteroatoms. The van der Waals surface area contributed by atoms with Gasteiger partial charge in [-0.3, -0.25) is 9.59 Å². The van der Waals surface area contributed by atoms with E-state index in [2.05, 4.69) is 0 Å². The van der Waals surface area contributed by atoms with Crippen molar-refractivity contribution >= 4 is 35.1 Å². The third kappa shape index (κ3) is 2.78. The van der Waals surface area contributed by atoms with Crippen molar-refractivity contribution in [3.8, 4) is 0 Å². The summed E-state index contributed by atoms with van der Waals surface area (Å²) >= 11 is 3.04. The highest BCUT2D eigenvalue weighted by molar-refractivity contribution is 8.21. The Morgan fingerprint density at radius 3 is 1.53 bits per heavy atom. The van der Waals surface area contributed by atoms with Gasteiger partial charge in [-0.05, 0) is 0 Å². The Morgan fingerprint density at radius 1 is 0.933 bits per heavy atom. The average molecular weight is 246 g/mol. The minimum absolute atomic E-state index is 0.116. The Morgan fingerprint density at radius 2 is 1.27 bits per heavy atom. The molecule has 0 unspecified atom stereocenters. The van der Waals surface area contributed by atoms with E-state index in [1.165, 1.54) is 23.5 Å². The minimum Gasteiger partial charge on any atom is -0.297 e. The first-order valence-corrected chi connectivity index (χ1v) is 7.06. The van der Waals surface area contributed by atoms with Crippen LogP contribution in [-0.2, 0) is 9.59 Å². The van der Waals surface area contributed by atoms with Gasteiger partial charge >= 0.3 is 0 Å². The summed E-state index contributed by atoms with van der Waals surface area (Å²) in [6, 6.07) is 0. The Bertz CT molecular complexity index is 244. The van der Waals surface area contributed by atoms with Gasteiger partial charge in [0.1, 0.15) is 0 Å². The molecular formula is C11H18O2S2. The fraction of sp³-hybridized carbons (Fsp3) is 0.818. The van der Waals surface area contributed by atoms with E-state index in [1.807, 2.05) is 27.7 Å². The van der Waals surface area contributed by atoms with E-state index in [-0.39, 0.29) is 11.6 Å². The fourth-order valence-corrected chi connectivity index (χ4v) is 5.30. The van der Waals surface area contributed by atoms with Crippen LogP contribution in [0.25, 0.3) is 0 Å². The maximum Gasteiger partial charge on any atom is 0.178 e. The molecule has 2 nitrogen and oxygen atoms in total. The lowest BCUT2D eigenvalue weighted by Crippen LogP contribution is -2.36. The van der Waals surface area contributed by atoms with Crippen molar-refractivity contribution in [3.05, 3.63) is 0 Å². The molecule has 0 saturated heterocycles. The largest absolute Gasteiger partial charge is 0.297 e. The molecule has 0 N–H and O–H groups in total. The lowest BCUT2D eigenvalue weighted by Gasteiger charge is -2.28. The van der Waals surface area contributed by atoms with Crippen LogP contribution < -0.4 is 0 Å². The minimum atomic E-state index is -0.789. The summed E-state index contributed by atoms with van der Waals surface area (Å²) < 4.78 is -0.789. The van der Waals surface area contributed by atoms with Crippen molar-refractivity contribution in [2.75, 3.05) is 0 Å². The predicted molar refractivity (Wildman–Crippen MR) is 67.4 cm³/mol. The van der Waals surface area contributed by atoms with Gasteiger partial charge in [0.25, 0.3) is 0 Å². The molecule has 0 aromatic rings. The van der Waals surface area contributed by atoms with Crippen molar-refractivity contribution in [2.45, 2.75) is 55.1 Å². The van der Waals surface area contributed by atoms with Crippen LogP contribution in [0.15, 0.2) is 0 Å². The second kappa shape index (κ2) is 4.91. The van der Waals surface area contributed by atoms with Gasteiger partial charge in [-0.1, -0.05) is 27.7 Å². The summed E-state index contributed by atoms with van der Waals surface area (Å²) in [5, 5.41) is 0.615. The highest BCUT2D eigenvalue weighted by Gasteiger charge is 2.51. The molecule has 0 bridgehead atoms. The molecule has 0 aliphatic heterocycles. The molecule has 1 aliphatic carbocycles. The lowest BCUT2D eigenvalue weighted by atomic mass is 10.3. The van der Waals surface area contributed by atoms with Gasteiger partial charge in [0.15, 0.2) is 15.6 Å². The molecule has 0 amide bonds. The van der Waals surface area contributed by atoms with Gasteiger partial charge in [-0.25, -0.2) is 0 Å². The van der Waals surface area contributed by atoms with Crippen LogP contribution in [0, 0.1) is 0 Å². The van der Waals surface area contributed by atoms with E-state index >= 15 is 0 Å². The molecule has 0 atom stereocenters. The maximum absolute atomic E-state index is 11.9. The number of carbonyl (C=O) groups excluding carboxylic acids is 2.